The van der Waals surface area contributed by atoms with Gasteiger partial charge in [0.15, 0.2) is 0 Å². The Morgan fingerprint density at radius 3 is 1.78 bits per heavy atom. The first-order valence-electron chi connectivity index (χ1n) is 11.2. The van der Waals surface area contributed by atoms with E-state index in [9.17, 15) is 19.2 Å². The van der Waals surface area contributed by atoms with Crippen molar-refractivity contribution in [3.63, 3.8) is 0 Å². The fourth-order valence-corrected chi connectivity index (χ4v) is 2.68. The average molecular weight is 510 g/mol. The molecule has 0 saturated heterocycles. The quantitative estimate of drug-likeness (QED) is 0.0784. The molecule has 1 aromatic rings. The van der Waals surface area contributed by atoms with E-state index in [2.05, 4.69) is 19.5 Å². The van der Waals surface area contributed by atoms with Crippen molar-refractivity contribution in [3.05, 3.63) is 28.1 Å². The molecule has 13 heteroatoms. The summed E-state index contributed by atoms with van der Waals surface area (Å²) in [6.07, 6.45) is 0.734. The Kier molecular flexibility index (Phi) is 13.9. The van der Waals surface area contributed by atoms with Crippen LogP contribution in [-0.4, -0.2) is 50.7 Å². The summed E-state index contributed by atoms with van der Waals surface area (Å²) in [6, 6.07) is 3.26. The summed E-state index contributed by atoms with van der Waals surface area (Å²) in [5.74, 6) is -1.40. The summed E-state index contributed by atoms with van der Waals surface area (Å²) >= 11 is 0. The van der Waals surface area contributed by atoms with E-state index in [0.29, 0.717) is 18.6 Å². The van der Waals surface area contributed by atoms with Crippen LogP contribution in [0.5, 0.6) is 11.5 Å². The predicted octanol–water partition coefficient (Wildman–Crippen LogP) is 4.20. The van der Waals surface area contributed by atoms with Crippen LogP contribution in [-0.2, 0) is 38.1 Å². The highest BCUT2D eigenvalue weighted by Crippen LogP contribution is 2.39. The van der Waals surface area contributed by atoms with Crippen molar-refractivity contribution in [2.24, 2.45) is 5.11 Å². The monoisotopic (exact) mass is 509 g/mol. The molecule has 0 aliphatic rings. The molecule has 0 bridgehead atoms. The van der Waals surface area contributed by atoms with E-state index in [0.717, 1.165) is 5.56 Å². The highest BCUT2D eigenvalue weighted by atomic mass is 16.7. The molecule has 0 fully saturated rings. The van der Waals surface area contributed by atoms with Gasteiger partial charge in [0.1, 0.15) is 11.5 Å². The molecular weight excluding hydrogens is 478 g/mol. The normalized spacial score (nSPS) is 10.1. The molecule has 0 amide bonds. The topological polar surface area (TPSA) is 172 Å². The second kappa shape index (κ2) is 16.6. The predicted molar refractivity (Wildman–Crippen MR) is 124 cm³/mol. The number of nitrogens with zero attached hydrogens (tertiary/aromatic N) is 3. The Balaban J connectivity index is 2.70. The first-order valence-corrected chi connectivity index (χ1v) is 11.2. The van der Waals surface area contributed by atoms with E-state index < -0.39 is 37.5 Å². The third-order valence-corrected chi connectivity index (χ3v) is 4.40. The van der Waals surface area contributed by atoms with Crippen molar-refractivity contribution in [3.8, 4) is 11.5 Å². The van der Waals surface area contributed by atoms with Gasteiger partial charge < -0.3 is 28.4 Å². The molecule has 0 aliphatic heterocycles. The lowest BCUT2D eigenvalue weighted by Crippen LogP contribution is -2.12. The smallest absolute Gasteiger partial charge is 0.308 e. The number of carbonyl (C=O) groups excluding carboxylic acids is 4. The molecule has 1 rings (SSSR count). The van der Waals surface area contributed by atoms with Gasteiger partial charge in [-0.1, -0.05) is 19.0 Å². The maximum Gasteiger partial charge on any atom is 0.308 e. The molecule has 0 radical (unpaired) electrons. The largest absolute Gasteiger partial charge is 0.493 e. The number of ether oxygens (including phenoxy) is 6. The van der Waals surface area contributed by atoms with Crippen LogP contribution >= 0.6 is 0 Å². The molecule has 198 valence electrons. The third kappa shape index (κ3) is 12.5. The highest BCUT2D eigenvalue weighted by molar-refractivity contribution is 5.70. The Hall–Kier alpha value is -3.99. The van der Waals surface area contributed by atoms with Gasteiger partial charge in [0.05, 0.1) is 18.9 Å². The Morgan fingerprint density at radius 1 is 0.833 bits per heavy atom. The van der Waals surface area contributed by atoms with Gasteiger partial charge in [-0.25, -0.2) is 0 Å². The third-order valence-electron chi connectivity index (χ3n) is 4.40. The Labute approximate surface area is 208 Å². The molecular formula is C23H31N3O10. The lowest BCUT2D eigenvalue weighted by molar-refractivity contribution is -0.167. The number of rotatable bonds is 16. The Bertz CT molecular complexity index is 958. The minimum atomic E-state index is -0.557. The van der Waals surface area contributed by atoms with Crippen molar-refractivity contribution < 1.29 is 47.6 Å². The lowest BCUT2D eigenvalue weighted by Gasteiger charge is -2.18. The Morgan fingerprint density at radius 2 is 1.33 bits per heavy atom. The molecule has 0 heterocycles. The van der Waals surface area contributed by atoms with E-state index >= 15 is 0 Å². The van der Waals surface area contributed by atoms with E-state index in [1.807, 2.05) is 13.8 Å². The maximum atomic E-state index is 11.7. The van der Waals surface area contributed by atoms with Crippen molar-refractivity contribution in [2.45, 2.75) is 59.3 Å². The van der Waals surface area contributed by atoms with Crippen molar-refractivity contribution in [1.29, 1.82) is 0 Å². The summed E-state index contributed by atoms with van der Waals surface area (Å²) < 4.78 is 30.2. The summed E-state index contributed by atoms with van der Waals surface area (Å²) in [5, 5.41) is 3.69. The van der Waals surface area contributed by atoms with E-state index in [1.54, 1.807) is 12.1 Å². The van der Waals surface area contributed by atoms with Gasteiger partial charge in [-0.05, 0) is 35.9 Å². The molecule has 0 N–H and O–H groups in total. The zero-order chi connectivity index (χ0) is 26.9. The lowest BCUT2D eigenvalue weighted by atomic mass is 10.0. The van der Waals surface area contributed by atoms with Gasteiger partial charge in [-0.3, -0.25) is 19.2 Å². The maximum absolute atomic E-state index is 11.7. The van der Waals surface area contributed by atoms with Gasteiger partial charge in [0, 0.05) is 37.7 Å². The van der Waals surface area contributed by atoms with Gasteiger partial charge in [-0.15, -0.1) is 0 Å². The molecule has 0 saturated carbocycles. The minimum Gasteiger partial charge on any atom is -0.493 e. The summed E-state index contributed by atoms with van der Waals surface area (Å²) in [7, 11) is 0. The van der Waals surface area contributed by atoms with Gasteiger partial charge in [0.2, 0.25) is 13.6 Å². The van der Waals surface area contributed by atoms with Gasteiger partial charge in [-0.2, -0.15) is 0 Å². The van der Waals surface area contributed by atoms with E-state index in [-0.39, 0.29) is 43.4 Å². The van der Waals surface area contributed by atoms with Crippen molar-refractivity contribution in [2.75, 3.05) is 26.8 Å². The SMILES string of the molecule is CC(=O)OCOC(=O)CCCOc1cc(OCCCC(=O)OCOC(C)=O)c(C(C)C)cc1N=[N+]=[N-]. The van der Waals surface area contributed by atoms with Crippen LogP contribution in [0.4, 0.5) is 5.69 Å². The molecule has 0 aromatic heterocycles. The molecule has 0 unspecified atom stereocenters. The molecule has 36 heavy (non-hydrogen) atoms. The summed E-state index contributed by atoms with van der Waals surface area (Å²) in [5.41, 5.74) is 9.97. The molecule has 1 aromatic carbocycles. The highest BCUT2D eigenvalue weighted by Gasteiger charge is 2.15. The number of hydrogen-bond donors (Lipinski definition) is 0. The second-order valence-corrected chi connectivity index (χ2v) is 7.65. The number of hydrogen-bond acceptors (Lipinski definition) is 11. The first kappa shape index (κ1) is 30.0. The van der Waals surface area contributed by atoms with Crippen LogP contribution < -0.4 is 9.47 Å². The van der Waals surface area contributed by atoms with Crippen molar-refractivity contribution in [1.82, 2.24) is 0 Å². The minimum absolute atomic E-state index is 0.0269. The first-order chi connectivity index (χ1) is 17.1. The second-order valence-electron chi connectivity index (χ2n) is 7.65. The van der Waals surface area contributed by atoms with Crippen LogP contribution in [0, 0.1) is 0 Å². The van der Waals surface area contributed by atoms with Crippen LogP contribution in [0.3, 0.4) is 0 Å². The average Bonchev–Trinajstić information content (AvgIpc) is 2.80. The van der Waals surface area contributed by atoms with E-state index in [1.165, 1.54) is 13.8 Å². The molecule has 13 nitrogen and oxygen atoms in total. The summed E-state index contributed by atoms with van der Waals surface area (Å²) in [4.78, 5) is 47.5. The van der Waals surface area contributed by atoms with Crippen LogP contribution in [0.1, 0.15) is 64.9 Å². The molecule has 0 atom stereocenters. The zero-order valence-corrected chi connectivity index (χ0v) is 20.8. The number of benzene rings is 1. The van der Waals surface area contributed by atoms with Crippen LogP contribution in [0.2, 0.25) is 0 Å². The van der Waals surface area contributed by atoms with Gasteiger partial charge in [0.25, 0.3) is 0 Å². The van der Waals surface area contributed by atoms with Crippen LogP contribution in [0.25, 0.3) is 10.4 Å². The fourth-order valence-electron chi connectivity index (χ4n) is 2.68. The van der Waals surface area contributed by atoms with Gasteiger partial charge >= 0.3 is 23.9 Å². The number of azide groups is 1. The standard InChI is InChI=1S/C23H31N3O10/c1-15(2)18-11-19(25-26-24)21(32-10-6-8-23(30)36-14-34-17(4)28)12-20(18)31-9-5-7-22(29)35-13-33-16(3)27/h11-12,15H,5-10,13-14H2,1-4H3. The summed E-state index contributed by atoms with van der Waals surface area (Å²) in [6.45, 7) is 5.72. The number of esters is 4. The van der Waals surface area contributed by atoms with E-state index in [4.69, 9.17) is 24.5 Å². The number of carbonyl (C=O) groups is 4. The zero-order valence-electron chi connectivity index (χ0n) is 20.8. The molecule has 0 spiro atoms. The van der Waals surface area contributed by atoms with Crippen molar-refractivity contribution >= 4 is 29.6 Å². The molecule has 0 aliphatic carbocycles. The fraction of sp³-hybridized carbons (Fsp3) is 0.565. The van der Waals surface area contributed by atoms with Crippen LogP contribution in [0.15, 0.2) is 17.2 Å².